The largest absolute Gasteiger partial charge is 0.385 e. The van der Waals surface area contributed by atoms with E-state index in [1.54, 1.807) is 0 Å². The fourth-order valence-electron chi connectivity index (χ4n) is 1.29. The third kappa shape index (κ3) is 4.79. The smallest absolute Gasteiger partial charge is 0.0371 e. The second kappa shape index (κ2) is 6.40. The number of rotatable bonds is 6. The first-order chi connectivity index (χ1) is 7.20. The van der Waals surface area contributed by atoms with Crippen LogP contribution in [0.2, 0.25) is 0 Å². The molecule has 1 rings (SSSR count). The maximum atomic E-state index is 3.98. The van der Waals surface area contributed by atoms with E-state index in [1.807, 2.05) is 24.5 Å². The summed E-state index contributed by atoms with van der Waals surface area (Å²) in [7, 11) is 2.16. The minimum Gasteiger partial charge on any atom is -0.385 e. The summed E-state index contributed by atoms with van der Waals surface area (Å²) >= 11 is 0. The molecule has 0 aromatic carbocycles. The molecule has 3 heteroatoms. The van der Waals surface area contributed by atoms with Crippen molar-refractivity contribution < 1.29 is 0 Å². The van der Waals surface area contributed by atoms with Gasteiger partial charge in [-0.1, -0.05) is 0 Å². The van der Waals surface area contributed by atoms with Gasteiger partial charge in [-0.25, -0.2) is 0 Å². The van der Waals surface area contributed by atoms with Gasteiger partial charge in [0, 0.05) is 30.7 Å². The van der Waals surface area contributed by atoms with Crippen LogP contribution >= 0.6 is 0 Å². The maximum Gasteiger partial charge on any atom is 0.0371 e. The average Bonchev–Trinajstić information content (AvgIpc) is 2.25. The van der Waals surface area contributed by atoms with Crippen LogP contribution < -0.4 is 5.32 Å². The van der Waals surface area contributed by atoms with Gasteiger partial charge in [-0.15, -0.1) is 0 Å². The quantitative estimate of drug-likeness (QED) is 0.725. The molecule has 0 aliphatic heterocycles. The van der Waals surface area contributed by atoms with Crippen LogP contribution in [0, 0.1) is 0 Å². The molecule has 0 radical (unpaired) electrons. The normalized spacial score (nSPS) is 11.0. The number of hydrogen-bond donors (Lipinski definition) is 1. The molecule has 1 heterocycles. The van der Waals surface area contributed by atoms with Crippen LogP contribution in [-0.4, -0.2) is 36.1 Å². The van der Waals surface area contributed by atoms with E-state index in [4.69, 9.17) is 0 Å². The fourth-order valence-corrected chi connectivity index (χ4v) is 1.29. The summed E-state index contributed by atoms with van der Waals surface area (Å²) in [4.78, 5) is 6.33. The standard InChI is InChI=1S/C12H21N3/c1-11(2)15(3)10-4-7-14-12-5-8-13-9-6-12/h5-6,8-9,11H,4,7,10H2,1-3H3,(H,13,14). The Morgan fingerprint density at radius 1 is 1.33 bits per heavy atom. The predicted molar refractivity (Wildman–Crippen MR) is 65.1 cm³/mol. The molecule has 0 saturated heterocycles. The molecule has 0 fully saturated rings. The van der Waals surface area contributed by atoms with Crippen LogP contribution in [0.25, 0.3) is 0 Å². The van der Waals surface area contributed by atoms with Crippen molar-refractivity contribution in [2.75, 3.05) is 25.5 Å². The van der Waals surface area contributed by atoms with E-state index in [0.717, 1.165) is 25.2 Å². The highest BCUT2D eigenvalue weighted by Crippen LogP contribution is 2.03. The summed E-state index contributed by atoms with van der Waals surface area (Å²) in [5, 5.41) is 3.37. The highest BCUT2D eigenvalue weighted by atomic mass is 15.1. The zero-order valence-corrected chi connectivity index (χ0v) is 9.90. The van der Waals surface area contributed by atoms with E-state index in [1.165, 1.54) is 0 Å². The number of hydrogen-bond acceptors (Lipinski definition) is 3. The Kier molecular flexibility index (Phi) is 5.12. The predicted octanol–water partition coefficient (Wildman–Crippen LogP) is 2.22. The molecule has 84 valence electrons. The van der Waals surface area contributed by atoms with Gasteiger partial charge in [0.15, 0.2) is 0 Å². The topological polar surface area (TPSA) is 28.2 Å². The van der Waals surface area contributed by atoms with Crippen LogP contribution in [0.15, 0.2) is 24.5 Å². The first-order valence-electron chi connectivity index (χ1n) is 5.54. The van der Waals surface area contributed by atoms with E-state index < -0.39 is 0 Å². The third-order valence-electron chi connectivity index (χ3n) is 2.58. The van der Waals surface area contributed by atoms with E-state index >= 15 is 0 Å². The highest BCUT2D eigenvalue weighted by molar-refractivity contribution is 5.40. The molecule has 0 spiro atoms. The lowest BCUT2D eigenvalue weighted by atomic mass is 10.3. The van der Waals surface area contributed by atoms with Gasteiger partial charge in [-0.05, 0) is 46.0 Å². The van der Waals surface area contributed by atoms with Crippen LogP contribution in [0.3, 0.4) is 0 Å². The molecular formula is C12H21N3. The van der Waals surface area contributed by atoms with Crippen molar-refractivity contribution in [3.8, 4) is 0 Å². The van der Waals surface area contributed by atoms with Crippen molar-refractivity contribution >= 4 is 5.69 Å². The third-order valence-corrected chi connectivity index (χ3v) is 2.58. The molecule has 0 atom stereocenters. The van der Waals surface area contributed by atoms with E-state index in [2.05, 4.69) is 36.1 Å². The maximum absolute atomic E-state index is 3.98. The molecule has 1 aromatic heterocycles. The lowest BCUT2D eigenvalue weighted by Crippen LogP contribution is -2.28. The minimum atomic E-state index is 0.630. The van der Waals surface area contributed by atoms with Gasteiger partial charge in [0.1, 0.15) is 0 Å². The van der Waals surface area contributed by atoms with Crippen molar-refractivity contribution in [3.63, 3.8) is 0 Å². The van der Waals surface area contributed by atoms with Gasteiger partial charge < -0.3 is 10.2 Å². The van der Waals surface area contributed by atoms with Gasteiger partial charge in [-0.3, -0.25) is 4.98 Å². The van der Waals surface area contributed by atoms with Crippen molar-refractivity contribution in [2.45, 2.75) is 26.3 Å². The first-order valence-corrected chi connectivity index (χ1v) is 5.54. The lowest BCUT2D eigenvalue weighted by Gasteiger charge is -2.20. The Balaban J connectivity index is 2.12. The van der Waals surface area contributed by atoms with E-state index in [-0.39, 0.29) is 0 Å². The molecule has 0 amide bonds. The summed E-state index contributed by atoms with van der Waals surface area (Å²) in [5.74, 6) is 0. The van der Waals surface area contributed by atoms with Crippen molar-refractivity contribution in [3.05, 3.63) is 24.5 Å². The molecule has 0 saturated carbocycles. The van der Waals surface area contributed by atoms with Crippen LogP contribution in [0.1, 0.15) is 20.3 Å². The number of anilines is 1. The van der Waals surface area contributed by atoms with Crippen molar-refractivity contribution in [1.82, 2.24) is 9.88 Å². The molecule has 3 nitrogen and oxygen atoms in total. The Morgan fingerprint density at radius 3 is 2.60 bits per heavy atom. The molecular weight excluding hydrogens is 186 g/mol. The monoisotopic (exact) mass is 207 g/mol. The van der Waals surface area contributed by atoms with Gasteiger partial charge in [0.2, 0.25) is 0 Å². The Labute approximate surface area is 92.5 Å². The van der Waals surface area contributed by atoms with Gasteiger partial charge >= 0.3 is 0 Å². The molecule has 0 aliphatic rings. The minimum absolute atomic E-state index is 0.630. The van der Waals surface area contributed by atoms with E-state index in [9.17, 15) is 0 Å². The van der Waals surface area contributed by atoms with Crippen LogP contribution in [-0.2, 0) is 0 Å². The number of pyridine rings is 1. The molecule has 1 N–H and O–H groups in total. The zero-order chi connectivity index (χ0) is 11.1. The van der Waals surface area contributed by atoms with Gasteiger partial charge in [-0.2, -0.15) is 0 Å². The van der Waals surface area contributed by atoms with Crippen LogP contribution in [0.4, 0.5) is 5.69 Å². The van der Waals surface area contributed by atoms with E-state index in [0.29, 0.717) is 6.04 Å². The van der Waals surface area contributed by atoms with Crippen LogP contribution in [0.5, 0.6) is 0 Å². The Bertz CT molecular complexity index is 259. The molecule has 0 unspecified atom stereocenters. The lowest BCUT2D eigenvalue weighted by molar-refractivity contribution is 0.273. The Hall–Kier alpha value is -1.09. The molecule has 0 bridgehead atoms. The average molecular weight is 207 g/mol. The molecule has 15 heavy (non-hydrogen) atoms. The summed E-state index contributed by atoms with van der Waals surface area (Å²) in [5.41, 5.74) is 1.15. The molecule has 0 aliphatic carbocycles. The summed E-state index contributed by atoms with van der Waals surface area (Å²) in [6.07, 6.45) is 4.78. The molecule has 1 aromatic rings. The highest BCUT2D eigenvalue weighted by Gasteiger charge is 2.01. The summed E-state index contributed by atoms with van der Waals surface area (Å²) in [6.45, 7) is 6.59. The van der Waals surface area contributed by atoms with Gasteiger partial charge in [0.05, 0.1) is 0 Å². The second-order valence-corrected chi connectivity index (χ2v) is 4.09. The SMILES string of the molecule is CC(C)N(C)CCCNc1ccncc1. The number of nitrogens with zero attached hydrogens (tertiary/aromatic N) is 2. The Morgan fingerprint density at radius 2 is 2.00 bits per heavy atom. The number of aromatic nitrogens is 1. The van der Waals surface area contributed by atoms with Gasteiger partial charge in [0.25, 0.3) is 0 Å². The summed E-state index contributed by atoms with van der Waals surface area (Å²) in [6, 6.07) is 4.61. The first kappa shape index (κ1) is 12.0. The number of nitrogens with one attached hydrogen (secondary N) is 1. The second-order valence-electron chi connectivity index (χ2n) is 4.09. The fraction of sp³-hybridized carbons (Fsp3) is 0.583. The van der Waals surface area contributed by atoms with Crippen molar-refractivity contribution in [2.24, 2.45) is 0 Å². The summed E-state index contributed by atoms with van der Waals surface area (Å²) < 4.78 is 0. The van der Waals surface area contributed by atoms with Crippen molar-refractivity contribution in [1.29, 1.82) is 0 Å². The zero-order valence-electron chi connectivity index (χ0n) is 9.90.